The van der Waals surface area contributed by atoms with Crippen molar-refractivity contribution in [2.75, 3.05) is 26.0 Å². The fourth-order valence-corrected chi connectivity index (χ4v) is 3.99. The number of methoxy groups -OCH3 is 1. The lowest BCUT2D eigenvalue weighted by molar-refractivity contribution is -0.126. The number of hydrogen-bond donors (Lipinski definition) is 3. The molecule has 0 saturated heterocycles. The molecule has 0 aromatic rings. The molecule has 0 bridgehead atoms. The first-order valence-corrected chi connectivity index (χ1v) is 11.0. The van der Waals surface area contributed by atoms with Crippen LogP contribution in [0.4, 0.5) is 0 Å². The van der Waals surface area contributed by atoms with E-state index in [9.17, 15) is 9.90 Å². The quantitative estimate of drug-likeness (QED) is 0.253. The zero-order valence-electron chi connectivity index (χ0n) is 18.0. The Hall–Kier alpha value is -2.04. The summed E-state index contributed by atoms with van der Waals surface area (Å²) < 4.78 is 10.7. The van der Waals surface area contributed by atoms with E-state index in [1.54, 1.807) is 19.9 Å². The number of allylic oxidation sites excluding steroid dienone is 1. The minimum absolute atomic E-state index is 0.215. The molecule has 0 aromatic heterocycles. The van der Waals surface area contributed by atoms with Crippen LogP contribution in [0.25, 0.3) is 0 Å². The van der Waals surface area contributed by atoms with Crippen molar-refractivity contribution in [2.45, 2.75) is 57.9 Å². The maximum Gasteiger partial charge on any atom is 0.249 e. The summed E-state index contributed by atoms with van der Waals surface area (Å²) in [6, 6.07) is -0.397. The number of nitrogens with one attached hydrogen (secondary N) is 1. The number of oxime groups is 1. The lowest BCUT2D eigenvalue weighted by atomic mass is 10.0. The molecule has 2 rings (SSSR count). The van der Waals surface area contributed by atoms with Gasteiger partial charge in [-0.1, -0.05) is 18.5 Å². The second kappa shape index (κ2) is 11.4. The van der Waals surface area contributed by atoms with Gasteiger partial charge in [0.15, 0.2) is 0 Å². The molecule has 0 radical (unpaired) electrons. The fraction of sp³-hybridized carbons (Fsp3) is 0.650. The third kappa shape index (κ3) is 6.48. The number of nitrogens with zero attached hydrogens (tertiary/aromatic N) is 2. The third-order valence-corrected chi connectivity index (χ3v) is 5.95. The smallest absolute Gasteiger partial charge is 0.249 e. The van der Waals surface area contributed by atoms with Gasteiger partial charge >= 0.3 is 0 Å². The number of carbonyl (C=O) groups excluding carboxylic acids is 1. The number of nitrogens with two attached hydrogens (primary N) is 1. The molecule has 30 heavy (non-hydrogen) atoms. The summed E-state index contributed by atoms with van der Waals surface area (Å²) in [5.74, 6) is 1.23. The van der Waals surface area contributed by atoms with Crippen LogP contribution in [-0.4, -0.2) is 65.7 Å². The fourth-order valence-electron chi connectivity index (χ4n) is 2.86. The molecule has 168 valence electrons. The number of hydrogen-bond acceptors (Lipinski definition) is 9. The topological polar surface area (TPSA) is 128 Å². The van der Waals surface area contributed by atoms with E-state index >= 15 is 0 Å². The number of aliphatic hydroxyl groups excluding tert-OH is 1. The zero-order chi connectivity index (χ0) is 22.1. The Morgan fingerprint density at radius 1 is 1.60 bits per heavy atom. The Morgan fingerprint density at radius 2 is 2.37 bits per heavy atom. The summed E-state index contributed by atoms with van der Waals surface area (Å²) >= 11 is 1.47. The lowest BCUT2D eigenvalue weighted by Crippen LogP contribution is -2.49. The van der Waals surface area contributed by atoms with Crippen LogP contribution in [0, 0.1) is 0 Å². The highest BCUT2D eigenvalue weighted by atomic mass is 32.2. The van der Waals surface area contributed by atoms with Gasteiger partial charge in [-0.2, -0.15) is 0 Å². The van der Waals surface area contributed by atoms with Gasteiger partial charge in [-0.15, -0.1) is 11.8 Å². The van der Waals surface area contributed by atoms with Gasteiger partial charge < -0.3 is 30.5 Å². The van der Waals surface area contributed by atoms with Crippen molar-refractivity contribution in [1.82, 2.24) is 5.32 Å². The minimum atomic E-state index is -1.11. The van der Waals surface area contributed by atoms with Crippen LogP contribution in [0.1, 0.15) is 40.0 Å². The highest BCUT2D eigenvalue weighted by Crippen LogP contribution is 2.30. The molecule has 0 aromatic carbocycles. The van der Waals surface area contributed by atoms with Gasteiger partial charge in [-0.25, -0.2) is 0 Å². The Morgan fingerprint density at radius 3 is 3.03 bits per heavy atom. The van der Waals surface area contributed by atoms with Crippen molar-refractivity contribution in [3.05, 3.63) is 23.7 Å². The van der Waals surface area contributed by atoms with E-state index in [-0.39, 0.29) is 5.91 Å². The van der Waals surface area contributed by atoms with E-state index in [4.69, 9.17) is 20.0 Å². The number of amides is 1. The molecule has 0 fully saturated rings. The zero-order valence-corrected chi connectivity index (χ0v) is 18.8. The SMILES string of the molecule is CCC[C@@H](NC(=O)C1(C)CSC(/C(C)=N/OCCCN)=N1)C1=CC(OC)=CC(O)O1. The van der Waals surface area contributed by atoms with Gasteiger partial charge in [0.1, 0.15) is 34.4 Å². The van der Waals surface area contributed by atoms with Gasteiger partial charge in [-0.05, 0) is 33.2 Å². The normalized spacial score (nSPS) is 24.9. The largest absolute Gasteiger partial charge is 0.497 e. The van der Waals surface area contributed by atoms with E-state index in [2.05, 4.69) is 15.5 Å². The van der Waals surface area contributed by atoms with Crippen molar-refractivity contribution in [3.63, 3.8) is 0 Å². The number of thioether (sulfide) groups is 1. The molecule has 2 aliphatic rings. The Kier molecular flexibility index (Phi) is 9.19. The molecule has 0 aliphatic carbocycles. The molecule has 2 unspecified atom stereocenters. The van der Waals surface area contributed by atoms with Crippen LogP contribution >= 0.6 is 11.8 Å². The third-order valence-electron chi connectivity index (χ3n) is 4.59. The Labute approximate surface area is 181 Å². The van der Waals surface area contributed by atoms with Crippen molar-refractivity contribution in [2.24, 2.45) is 15.9 Å². The van der Waals surface area contributed by atoms with E-state index in [0.29, 0.717) is 47.6 Å². The van der Waals surface area contributed by atoms with Gasteiger partial charge in [0.05, 0.1) is 13.2 Å². The van der Waals surface area contributed by atoms with E-state index in [0.717, 1.165) is 12.8 Å². The van der Waals surface area contributed by atoms with E-state index in [1.165, 1.54) is 24.9 Å². The molecule has 4 N–H and O–H groups in total. The second-order valence-electron chi connectivity index (χ2n) is 7.27. The van der Waals surface area contributed by atoms with Crippen LogP contribution in [0.3, 0.4) is 0 Å². The maximum atomic E-state index is 13.1. The van der Waals surface area contributed by atoms with Crippen LogP contribution in [0.15, 0.2) is 33.8 Å². The lowest BCUT2D eigenvalue weighted by Gasteiger charge is -2.29. The van der Waals surface area contributed by atoms with Crippen molar-refractivity contribution < 1.29 is 24.2 Å². The summed E-state index contributed by atoms with van der Waals surface area (Å²) in [7, 11) is 1.52. The van der Waals surface area contributed by atoms with Gasteiger partial charge in [0.2, 0.25) is 12.2 Å². The predicted octanol–water partition coefficient (Wildman–Crippen LogP) is 1.68. The molecule has 9 nitrogen and oxygen atoms in total. The number of carbonyl (C=O) groups is 1. The average Bonchev–Trinajstić information content (AvgIpc) is 3.14. The molecule has 1 amide bonds. The highest BCUT2D eigenvalue weighted by Gasteiger charge is 2.40. The summed E-state index contributed by atoms with van der Waals surface area (Å²) in [6.45, 7) is 6.60. The van der Waals surface area contributed by atoms with Gasteiger partial charge in [0, 0.05) is 17.9 Å². The van der Waals surface area contributed by atoms with Crippen molar-refractivity contribution in [1.29, 1.82) is 0 Å². The standard InChI is InChI=1S/C20H32N4O5S/c1-5-7-15(16-10-14(27-4)11-17(25)29-16)22-19(26)20(3)12-30-18(23-20)13(2)24-28-9-6-8-21/h10-11,15,17,25H,5-9,12,21H2,1-4H3,(H,22,26)/b24-13+/t15-,17?,20?/m1/s1. The molecular weight excluding hydrogens is 408 g/mol. The Balaban J connectivity index is 2.09. The average molecular weight is 441 g/mol. The van der Waals surface area contributed by atoms with E-state index in [1.807, 2.05) is 6.92 Å². The van der Waals surface area contributed by atoms with Crippen molar-refractivity contribution >= 4 is 28.4 Å². The molecule has 2 aliphatic heterocycles. The molecule has 0 spiro atoms. The molecular formula is C20H32N4O5S. The first-order valence-electron chi connectivity index (χ1n) is 10.1. The second-order valence-corrected chi connectivity index (χ2v) is 8.24. The summed E-state index contributed by atoms with van der Waals surface area (Å²) in [5.41, 5.74) is 5.13. The highest BCUT2D eigenvalue weighted by molar-refractivity contribution is 8.16. The monoisotopic (exact) mass is 440 g/mol. The van der Waals surface area contributed by atoms with Crippen LogP contribution in [-0.2, 0) is 19.1 Å². The molecule has 0 saturated carbocycles. The first kappa shape index (κ1) is 24.2. The first-order chi connectivity index (χ1) is 14.3. The molecule has 10 heteroatoms. The molecule has 3 atom stereocenters. The Bertz CT molecular complexity index is 737. The van der Waals surface area contributed by atoms with Crippen LogP contribution < -0.4 is 11.1 Å². The number of aliphatic hydroxyl groups is 1. The minimum Gasteiger partial charge on any atom is -0.497 e. The van der Waals surface area contributed by atoms with Gasteiger partial charge in [-0.3, -0.25) is 9.79 Å². The van der Waals surface area contributed by atoms with Crippen molar-refractivity contribution in [3.8, 4) is 0 Å². The summed E-state index contributed by atoms with van der Waals surface area (Å²) in [4.78, 5) is 22.9. The van der Waals surface area contributed by atoms with Gasteiger partial charge in [0.25, 0.3) is 0 Å². The summed E-state index contributed by atoms with van der Waals surface area (Å²) in [6.07, 6.45) is 4.22. The molecule has 2 heterocycles. The summed E-state index contributed by atoms with van der Waals surface area (Å²) in [5, 5.41) is 17.7. The van der Waals surface area contributed by atoms with Crippen LogP contribution in [0.5, 0.6) is 0 Å². The number of rotatable bonds is 11. The predicted molar refractivity (Wildman–Crippen MR) is 118 cm³/mol. The number of aliphatic imine (C=N–C) groups is 1. The maximum absolute atomic E-state index is 13.1. The van der Waals surface area contributed by atoms with E-state index < -0.39 is 17.9 Å². The van der Waals surface area contributed by atoms with Crippen LogP contribution in [0.2, 0.25) is 0 Å². The number of ether oxygens (including phenoxy) is 2.